The number of aromatic nitrogens is 5. The van der Waals surface area contributed by atoms with Crippen LogP contribution in [-0.4, -0.2) is 48.8 Å². The van der Waals surface area contributed by atoms with E-state index >= 15 is 0 Å². The van der Waals surface area contributed by atoms with Crippen molar-refractivity contribution in [2.45, 2.75) is 25.7 Å². The Bertz CT molecular complexity index is 860. The Morgan fingerprint density at radius 1 is 1.32 bits per heavy atom. The van der Waals surface area contributed by atoms with Gasteiger partial charge in [0, 0.05) is 26.1 Å². The smallest absolute Gasteiger partial charge is 0.324 e. The first-order valence-corrected chi connectivity index (χ1v) is 8.48. The topological polar surface area (TPSA) is 91.7 Å². The molecule has 3 heterocycles. The summed E-state index contributed by atoms with van der Waals surface area (Å²) in [6.45, 7) is 3.22. The van der Waals surface area contributed by atoms with Crippen molar-refractivity contribution in [1.82, 2.24) is 29.6 Å². The summed E-state index contributed by atoms with van der Waals surface area (Å²) >= 11 is 0. The second-order valence-electron chi connectivity index (χ2n) is 6.46. The number of benzene rings is 1. The third kappa shape index (κ3) is 3.07. The summed E-state index contributed by atoms with van der Waals surface area (Å²) in [5.74, 6) is 2.26. The Morgan fingerprint density at radius 2 is 2.16 bits per heavy atom. The summed E-state index contributed by atoms with van der Waals surface area (Å²) in [6, 6.07) is 7.83. The molecule has 8 heteroatoms. The predicted molar refractivity (Wildman–Crippen MR) is 94.4 cm³/mol. The number of likely N-dealkylation sites (tertiary alicyclic amines) is 1. The number of rotatable bonds is 2. The number of piperidine rings is 1. The molecule has 1 aliphatic rings. The molecule has 1 aromatic carbocycles. The number of carbonyl (C=O) groups excluding carboxylic acids is 1. The summed E-state index contributed by atoms with van der Waals surface area (Å²) in [5, 5.41) is 6.96. The summed E-state index contributed by atoms with van der Waals surface area (Å²) < 4.78 is 1.64. The van der Waals surface area contributed by atoms with Crippen LogP contribution in [0.1, 0.15) is 30.4 Å². The average molecular weight is 339 g/mol. The van der Waals surface area contributed by atoms with E-state index in [1.54, 1.807) is 11.7 Å². The molecule has 4 rings (SSSR count). The fourth-order valence-electron chi connectivity index (χ4n) is 3.24. The van der Waals surface area contributed by atoms with Crippen LogP contribution in [0.2, 0.25) is 0 Å². The van der Waals surface area contributed by atoms with Crippen LogP contribution < -0.4 is 5.32 Å². The normalized spacial score (nSPS) is 17.8. The number of H-pyrrole nitrogens is 1. The number of anilines is 1. The van der Waals surface area contributed by atoms with Crippen molar-refractivity contribution in [1.29, 1.82) is 0 Å². The third-order valence-corrected chi connectivity index (χ3v) is 4.70. The van der Waals surface area contributed by atoms with Crippen LogP contribution >= 0.6 is 0 Å². The standard InChI is InChI=1S/C17H21N7O/c1-11-18-16(22-23(11)2)21-17(25)24-9-5-6-12(10-24)15-19-13-7-3-4-8-14(13)20-15/h3-4,7-8,12H,5-6,9-10H2,1-2H3,(H,19,20)(H,21,22,25). The van der Waals surface area contributed by atoms with Crippen molar-refractivity contribution >= 4 is 23.0 Å². The minimum Gasteiger partial charge on any atom is -0.342 e. The average Bonchev–Trinajstić information content (AvgIpc) is 3.18. The molecule has 0 radical (unpaired) electrons. The molecule has 1 atom stereocenters. The van der Waals surface area contributed by atoms with Gasteiger partial charge < -0.3 is 9.88 Å². The first kappa shape index (κ1) is 15.6. The lowest BCUT2D eigenvalue weighted by Crippen LogP contribution is -2.42. The van der Waals surface area contributed by atoms with Gasteiger partial charge in [-0.1, -0.05) is 12.1 Å². The molecule has 1 fully saturated rings. The fraction of sp³-hybridized carbons (Fsp3) is 0.412. The number of hydrogen-bond donors (Lipinski definition) is 2. The highest BCUT2D eigenvalue weighted by Crippen LogP contribution is 2.27. The minimum absolute atomic E-state index is 0.161. The molecular formula is C17H21N7O. The molecule has 8 nitrogen and oxygen atoms in total. The second-order valence-corrected chi connectivity index (χ2v) is 6.46. The highest BCUT2D eigenvalue weighted by molar-refractivity contribution is 5.87. The van der Waals surface area contributed by atoms with Crippen LogP contribution in [0.3, 0.4) is 0 Å². The molecule has 2 amide bonds. The number of amides is 2. The monoisotopic (exact) mass is 339 g/mol. The van der Waals surface area contributed by atoms with E-state index in [4.69, 9.17) is 0 Å². The van der Waals surface area contributed by atoms with Crippen molar-refractivity contribution in [3.05, 3.63) is 35.9 Å². The molecule has 1 saturated heterocycles. The maximum absolute atomic E-state index is 12.5. The maximum Gasteiger partial charge on any atom is 0.324 e. The van der Waals surface area contributed by atoms with Gasteiger partial charge >= 0.3 is 6.03 Å². The number of imidazole rings is 1. The molecule has 0 bridgehead atoms. The molecule has 3 aromatic rings. The fourth-order valence-corrected chi connectivity index (χ4v) is 3.24. The maximum atomic E-state index is 12.5. The SMILES string of the molecule is Cc1nc(NC(=O)N2CCCC(c3nc4ccccc4[nH]3)C2)nn1C. The molecule has 130 valence electrons. The van der Waals surface area contributed by atoms with E-state index in [-0.39, 0.29) is 11.9 Å². The highest BCUT2D eigenvalue weighted by atomic mass is 16.2. The largest absolute Gasteiger partial charge is 0.342 e. The molecular weight excluding hydrogens is 318 g/mol. The lowest BCUT2D eigenvalue weighted by atomic mass is 9.98. The first-order valence-electron chi connectivity index (χ1n) is 8.48. The van der Waals surface area contributed by atoms with Crippen LogP contribution in [0, 0.1) is 6.92 Å². The Hall–Kier alpha value is -2.90. The van der Waals surface area contributed by atoms with Crippen molar-refractivity contribution < 1.29 is 4.79 Å². The quantitative estimate of drug-likeness (QED) is 0.750. The number of hydrogen-bond acceptors (Lipinski definition) is 4. The summed E-state index contributed by atoms with van der Waals surface area (Å²) in [4.78, 5) is 26.6. The van der Waals surface area contributed by atoms with Gasteiger partial charge in [-0.2, -0.15) is 4.98 Å². The number of urea groups is 1. The van der Waals surface area contributed by atoms with E-state index in [9.17, 15) is 4.79 Å². The zero-order valence-corrected chi connectivity index (χ0v) is 14.4. The molecule has 2 N–H and O–H groups in total. The minimum atomic E-state index is -0.161. The zero-order valence-electron chi connectivity index (χ0n) is 14.4. The van der Waals surface area contributed by atoms with E-state index in [2.05, 4.69) is 25.4 Å². The van der Waals surface area contributed by atoms with E-state index in [1.807, 2.05) is 36.1 Å². The number of aryl methyl sites for hydroxylation is 2. The van der Waals surface area contributed by atoms with Crippen LogP contribution in [-0.2, 0) is 7.05 Å². The van der Waals surface area contributed by atoms with E-state index in [1.165, 1.54) is 0 Å². The molecule has 1 unspecified atom stereocenters. The summed E-state index contributed by atoms with van der Waals surface area (Å²) in [7, 11) is 1.80. The number of aromatic amines is 1. The van der Waals surface area contributed by atoms with E-state index in [0.29, 0.717) is 12.5 Å². The molecule has 25 heavy (non-hydrogen) atoms. The van der Waals surface area contributed by atoms with Crippen LogP contribution in [0.25, 0.3) is 11.0 Å². The van der Waals surface area contributed by atoms with Crippen LogP contribution in [0.15, 0.2) is 24.3 Å². The van der Waals surface area contributed by atoms with Crippen molar-refractivity contribution in [2.24, 2.45) is 7.05 Å². The van der Waals surface area contributed by atoms with Gasteiger partial charge in [0.15, 0.2) is 0 Å². The first-order chi connectivity index (χ1) is 12.1. The number of fused-ring (bicyclic) bond motifs is 1. The lowest BCUT2D eigenvalue weighted by Gasteiger charge is -2.31. The number of para-hydroxylation sites is 2. The molecule has 0 aliphatic carbocycles. The van der Waals surface area contributed by atoms with E-state index in [0.717, 1.165) is 42.1 Å². The third-order valence-electron chi connectivity index (χ3n) is 4.70. The molecule has 0 spiro atoms. The Balaban J connectivity index is 1.47. The predicted octanol–water partition coefficient (Wildman–Crippen LogP) is 2.41. The number of nitrogens with one attached hydrogen (secondary N) is 2. The second kappa shape index (κ2) is 6.19. The molecule has 0 saturated carbocycles. The van der Waals surface area contributed by atoms with Gasteiger partial charge in [-0.05, 0) is 31.9 Å². The van der Waals surface area contributed by atoms with Gasteiger partial charge in [0.2, 0.25) is 5.95 Å². The summed E-state index contributed by atoms with van der Waals surface area (Å²) in [6.07, 6.45) is 1.97. The van der Waals surface area contributed by atoms with Crippen molar-refractivity contribution in [3.8, 4) is 0 Å². The van der Waals surface area contributed by atoms with Gasteiger partial charge in [0.25, 0.3) is 0 Å². The van der Waals surface area contributed by atoms with Crippen LogP contribution in [0.5, 0.6) is 0 Å². The number of carbonyl (C=O) groups is 1. The van der Waals surface area contributed by atoms with Gasteiger partial charge in [-0.15, -0.1) is 5.10 Å². The molecule has 2 aromatic heterocycles. The zero-order chi connectivity index (χ0) is 17.4. The van der Waals surface area contributed by atoms with Crippen molar-refractivity contribution in [3.63, 3.8) is 0 Å². The highest BCUT2D eigenvalue weighted by Gasteiger charge is 2.27. The summed E-state index contributed by atoms with van der Waals surface area (Å²) in [5.41, 5.74) is 2.00. The van der Waals surface area contributed by atoms with Gasteiger partial charge in [-0.3, -0.25) is 10.00 Å². The lowest BCUT2D eigenvalue weighted by molar-refractivity contribution is 0.191. The Labute approximate surface area is 145 Å². The van der Waals surface area contributed by atoms with Gasteiger partial charge in [-0.25, -0.2) is 9.78 Å². The Kier molecular flexibility index (Phi) is 3.87. The van der Waals surface area contributed by atoms with Crippen LogP contribution in [0.4, 0.5) is 10.7 Å². The number of nitrogens with zero attached hydrogens (tertiary/aromatic N) is 5. The van der Waals surface area contributed by atoms with Gasteiger partial charge in [0.1, 0.15) is 11.6 Å². The van der Waals surface area contributed by atoms with E-state index < -0.39 is 0 Å². The Morgan fingerprint density at radius 3 is 2.92 bits per heavy atom. The van der Waals surface area contributed by atoms with Crippen molar-refractivity contribution in [2.75, 3.05) is 18.4 Å². The van der Waals surface area contributed by atoms with Gasteiger partial charge in [0.05, 0.1) is 11.0 Å². The molecule has 1 aliphatic heterocycles.